The standard InChI is InChI=1S/C11H16N2O4.C3H8.C2H6/c1-8-7-10(16)13(11(8)17)5-3-9(15)12-4-2-6-14;1-3-2;1-2/h6,8H,2-5,7H2,1H3,(H,12,15);3H2,1-2H3;1-2H3. The van der Waals surface area contributed by atoms with E-state index in [-0.39, 0.29) is 49.4 Å². The average Bonchev–Trinajstić information content (AvgIpc) is 2.73. The lowest BCUT2D eigenvalue weighted by atomic mass is 10.1. The lowest BCUT2D eigenvalue weighted by Crippen LogP contribution is -2.35. The zero-order valence-electron chi connectivity index (χ0n) is 14.5. The third kappa shape index (κ3) is 9.26. The van der Waals surface area contributed by atoms with Crippen molar-refractivity contribution >= 4 is 24.0 Å². The molecule has 0 saturated carbocycles. The first kappa shape index (κ1) is 22.6. The molecule has 22 heavy (non-hydrogen) atoms. The molecule has 1 atom stereocenters. The first-order valence-electron chi connectivity index (χ1n) is 8.02. The molecular weight excluding hydrogens is 284 g/mol. The van der Waals surface area contributed by atoms with Gasteiger partial charge in [0, 0.05) is 38.3 Å². The molecule has 1 N–H and O–H groups in total. The number of hydrogen-bond donors (Lipinski definition) is 1. The van der Waals surface area contributed by atoms with Crippen LogP contribution in [0.3, 0.4) is 0 Å². The second kappa shape index (κ2) is 14.2. The molecule has 6 heteroatoms. The van der Waals surface area contributed by atoms with Crippen molar-refractivity contribution in [2.45, 2.75) is 60.3 Å². The lowest BCUT2D eigenvalue weighted by Gasteiger charge is -2.13. The van der Waals surface area contributed by atoms with Gasteiger partial charge in [-0.25, -0.2) is 0 Å². The van der Waals surface area contributed by atoms with E-state index in [2.05, 4.69) is 19.2 Å². The Morgan fingerprint density at radius 3 is 2.27 bits per heavy atom. The van der Waals surface area contributed by atoms with Crippen LogP contribution in [0.4, 0.5) is 0 Å². The average molecular weight is 314 g/mol. The third-order valence-electron chi connectivity index (χ3n) is 2.62. The van der Waals surface area contributed by atoms with Crippen molar-refractivity contribution in [3.05, 3.63) is 0 Å². The van der Waals surface area contributed by atoms with Crippen molar-refractivity contribution < 1.29 is 19.2 Å². The fourth-order valence-electron chi connectivity index (χ4n) is 1.66. The fourth-order valence-corrected chi connectivity index (χ4v) is 1.66. The zero-order valence-corrected chi connectivity index (χ0v) is 14.5. The van der Waals surface area contributed by atoms with Gasteiger partial charge in [0.15, 0.2) is 0 Å². The Labute approximate surface area is 133 Å². The molecule has 1 fully saturated rings. The van der Waals surface area contributed by atoms with Crippen LogP contribution in [-0.4, -0.2) is 42.0 Å². The van der Waals surface area contributed by atoms with E-state index in [0.29, 0.717) is 6.54 Å². The van der Waals surface area contributed by atoms with Crippen LogP contribution < -0.4 is 5.32 Å². The highest BCUT2D eigenvalue weighted by atomic mass is 16.2. The summed E-state index contributed by atoms with van der Waals surface area (Å²) in [6, 6.07) is 0. The van der Waals surface area contributed by atoms with Crippen LogP contribution in [0.5, 0.6) is 0 Å². The minimum absolute atomic E-state index is 0.0864. The molecule has 1 rings (SSSR count). The molecule has 0 aromatic rings. The minimum Gasteiger partial charge on any atom is -0.356 e. The van der Waals surface area contributed by atoms with Crippen LogP contribution in [0.1, 0.15) is 60.3 Å². The molecule has 128 valence electrons. The largest absolute Gasteiger partial charge is 0.356 e. The van der Waals surface area contributed by atoms with Gasteiger partial charge in [-0.05, 0) is 0 Å². The molecule has 0 aromatic carbocycles. The minimum atomic E-state index is -0.277. The monoisotopic (exact) mass is 314 g/mol. The number of rotatable bonds is 6. The number of carbonyl (C=O) groups is 4. The van der Waals surface area contributed by atoms with E-state index in [0.717, 1.165) is 11.2 Å². The Bertz CT molecular complexity index is 356. The summed E-state index contributed by atoms with van der Waals surface area (Å²) in [7, 11) is 0. The van der Waals surface area contributed by atoms with Crippen molar-refractivity contribution in [2.24, 2.45) is 5.92 Å². The zero-order chi connectivity index (χ0) is 17.5. The van der Waals surface area contributed by atoms with Gasteiger partial charge in [0.25, 0.3) is 0 Å². The SMILES string of the molecule is CC.CC1CC(=O)N(CCC(=O)NCCC=O)C1=O.CCC. The first-order valence-corrected chi connectivity index (χ1v) is 8.02. The predicted octanol–water partition coefficient (Wildman–Crippen LogP) is 1.92. The molecule has 1 aliphatic heterocycles. The predicted molar refractivity (Wildman–Crippen MR) is 86.1 cm³/mol. The van der Waals surface area contributed by atoms with Crippen molar-refractivity contribution in [1.82, 2.24) is 10.2 Å². The second-order valence-corrected chi connectivity index (χ2v) is 4.75. The van der Waals surface area contributed by atoms with E-state index < -0.39 is 0 Å². The molecule has 1 aliphatic rings. The van der Waals surface area contributed by atoms with Gasteiger partial charge in [-0.1, -0.05) is 41.0 Å². The number of amides is 3. The molecule has 0 aliphatic carbocycles. The van der Waals surface area contributed by atoms with Gasteiger partial charge >= 0.3 is 0 Å². The van der Waals surface area contributed by atoms with Crippen LogP contribution in [0.2, 0.25) is 0 Å². The van der Waals surface area contributed by atoms with Gasteiger partial charge in [-0.2, -0.15) is 0 Å². The Hall–Kier alpha value is -1.72. The van der Waals surface area contributed by atoms with Crippen molar-refractivity contribution in [2.75, 3.05) is 13.1 Å². The Kier molecular flexibility index (Phi) is 14.6. The molecular formula is C16H30N2O4. The van der Waals surface area contributed by atoms with E-state index >= 15 is 0 Å². The van der Waals surface area contributed by atoms with E-state index in [1.165, 1.54) is 6.42 Å². The van der Waals surface area contributed by atoms with E-state index in [1.807, 2.05) is 13.8 Å². The fraction of sp³-hybridized carbons (Fsp3) is 0.750. The van der Waals surface area contributed by atoms with E-state index in [9.17, 15) is 19.2 Å². The molecule has 1 heterocycles. The maximum absolute atomic E-state index is 11.5. The first-order chi connectivity index (χ1) is 10.5. The lowest BCUT2D eigenvalue weighted by molar-refractivity contribution is -0.139. The Morgan fingerprint density at radius 2 is 1.86 bits per heavy atom. The molecule has 0 bridgehead atoms. The van der Waals surface area contributed by atoms with Crippen molar-refractivity contribution in [1.29, 1.82) is 0 Å². The summed E-state index contributed by atoms with van der Waals surface area (Å²) in [5, 5.41) is 2.53. The van der Waals surface area contributed by atoms with Gasteiger partial charge in [0.1, 0.15) is 6.29 Å². The van der Waals surface area contributed by atoms with Crippen LogP contribution >= 0.6 is 0 Å². The van der Waals surface area contributed by atoms with Crippen LogP contribution in [0, 0.1) is 5.92 Å². The molecule has 3 amide bonds. The number of likely N-dealkylation sites (tertiary alicyclic amines) is 1. The summed E-state index contributed by atoms with van der Waals surface area (Å²) in [5.74, 6) is -0.966. The molecule has 0 spiro atoms. The Morgan fingerprint density at radius 1 is 1.32 bits per heavy atom. The molecule has 0 radical (unpaired) electrons. The molecule has 1 saturated heterocycles. The third-order valence-corrected chi connectivity index (χ3v) is 2.62. The number of nitrogens with zero attached hydrogens (tertiary/aromatic N) is 1. The summed E-state index contributed by atoms with van der Waals surface area (Å²) in [5.41, 5.74) is 0. The van der Waals surface area contributed by atoms with E-state index in [1.54, 1.807) is 6.92 Å². The summed E-state index contributed by atoms with van der Waals surface area (Å²) in [6.45, 7) is 10.4. The second-order valence-electron chi connectivity index (χ2n) is 4.75. The van der Waals surface area contributed by atoms with Crippen molar-refractivity contribution in [3.8, 4) is 0 Å². The molecule has 6 nitrogen and oxygen atoms in total. The summed E-state index contributed by atoms with van der Waals surface area (Å²) in [4.78, 5) is 45.4. The quantitative estimate of drug-likeness (QED) is 0.461. The maximum atomic E-state index is 11.5. The number of aldehydes is 1. The highest BCUT2D eigenvalue weighted by Gasteiger charge is 2.35. The topological polar surface area (TPSA) is 83.6 Å². The molecule has 0 aromatic heterocycles. The number of nitrogens with one attached hydrogen (secondary N) is 1. The summed E-state index contributed by atoms with van der Waals surface area (Å²) >= 11 is 0. The van der Waals surface area contributed by atoms with Gasteiger partial charge in [-0.15, -0.1) is 0 Å². The Balaban J connectivity index is 0. The highest BCUT2D eigenvalue weighted by molar-refractivity contribution is 6.03. The van der Waals surface area contributed by atoms with E-state index in [4.69, 9.17) is 0 Å². The highest BCUT2D eigenvalue weighted by Crippen LogP contribution is 2.18. The van der Waals surface area contributed by atoms with Crippen LogP contribution in [0.25, 0.3) is 0 Å². The number of carbonyl (C=O) groups excluding carboxylic acids is 4. The van der Waals surface area contributed by atoms with Crippen molar-refractivity contribution in [3.63, 3.8) is 0 Å². The van der Waals surface area contributed by atoms with Crippen LogP contribution in [-0.2, 0) is 19.2 Å². The smallest absolute Gasteiger partial charge is 0.232 e. The maximum Gasteiger partial charge on any atom is 0.232 e. The van der Waals surface area contributed by atoms with Gasteiger partial charge in [0.05, 0.1) is 0 Å². The number of hydrogen-bond acceptors (Lipinski definition) is 4. The van der Waals surface area contributed by atoms with Gasteiger partial charge in [-0.3, -0.25) is 19.3 Å². The summed E-state index contributed by atoms with van der Waals surface area (Å²) in [6.07, 6.45) is 2.55. The number of imide groups is 1. The normalized spacial score (nSPS) is 16.2. The van der Waals surface area contributed by atoms with Crippen LogP contribution in [0.15, 0.2) is 0 Å². The van der Waals surface area contributed by atoms with Gasteiger partial charge < -0.3 is 10.1 Å². The van der Waals surface area contributed by atoms with Gasteiger partial charge in [0.2, 0.25) is 17.7 Å². The molecule has 1 unspecified atom stereocenters. The summed E-state index contributed by atoms with van der Waals surface area (Å²) < 4.78 is 0.